The van der Waals surface area contributed by atoms with Gasteiger partial charge in [0, 0.05) is 49.6 Å². The van der Waals surface area contributed by atoms with E-state index >= 15 is 0 Å². The Labute approximate surface area is 102 Å². The number of nitrogens with one attached hydrogen (secondary N) is 1. The fraction of sp³-hybridized carbons (Fsp3) is 0.909. The van der Waals surface area contributed by atoms with Crippen molar-refractivity contribution in [3.05, 3.63) is 0 Å². The molecule has 1 aliphatic rings. The van der Waals surface area contributed by atoms with Crippen molar-refractivity contribution >= 4 is 17.7 Å². The van der Waals surface area contributed by atoms with E-state index in [0.29, 0.717) is 13.0 Å². The van der Waals surface area contributed by atoms with Crippen molar-refractivity contribution in [3.63, 3.8) is 0 Å². The molecule has 5 heteroatoms. The first-order valence-electron chi connectivity index (χ1n) is 5.77. The van der Waals surface area contributed by atoms with Gasteiger partial charge in [-0.05, 0) is 13.8 Å². The van der Waals surface area contributed by atoms with Crippen LogP contribution < -0.4 is 11.1 Å². The number of nitrogens with zero attached hydrogens (tertiary/aromatic N) is 1. The molecule has 1 amide bonds. The first-order chi connectivity index (χ1) is 7.48. The van der Waals surface area contributed by atoms with E-state index in [1.165, 1.54) is 0 Å². The largest absolute Gasteiger partial charge is 0.359 e. The number of amides is 1. The van der Waals surface area contributed by atoms with Crippen LogP contribution in [0, 0.1) is 0 Å². The molecule has 0 aromatic heterocycles. The van der Waals surface area contributed by atoms with Crippen LogP contribution >= 0.6 is 11.8 Å². The third-order valence-corrected chi connectivity index (χ3v) is 4.24. The molecule has 0 spiro atoms. The molecule has 1 saturated heterocycles. The molecule has 16 heavy (non-hydrogen) atoms. The zero-order valence-electron chi connectivity index (χ0n) is 10.5. The molecular weight excluding hydrogens is 222 g/mol. The van der Waals surface area contributed by atoms with Crippen LogP contribution in [0.3, 0.4) is 0 Å². The van der Waals surface area contributed by atoms with Crippen LogP contribution in [0.5, 0.6) is 0 Å². The van der Waals surface area contributed by atoms with Gasteiger partial charge in [0.25, 0.3) is 0 Å². The molecule has 4 nitrogen and oxygen atoms in total. The minimum absolute atomic E-state index is 0.0754. The molecule has 0 radical (unpaired) electrons. The first kappa shape index (κ1) is 13.8. The highest BCUT2D eigenvalue weighted by molar-refractivity contribution is 8.00. The molecule has 1 unspecified atom stereocenters. The van der Waals surface area contributed by atoms with Gasteiger partial charge < -0.3 is 11.1 Å². The maximum Gasteiger partial charge on any atom is 0.221 e. The molecule has 0 aromatic rings. The molecule has 0 aromatic carbocycles. The second-order valence-electron chi connectivity index (χ2n) is 4.85. The summed E-state index contributed by atoms with van der Waals surface area (Å²) in [5, 5.41) is 2.66. The average Bonchev–Trinajstić information content (AvgIpc) is 2.24. The molecule has 0 saturated carbocycles. The Balaban J connectivity index is 2.55. The maximum absolute atomic E-state index is 11.4. The Morgan fingerprint density at radius 3 is 2.81 bits per heavy atom. The zero-order valence-corrected chi connectivity index (χ0v) is 11.3. The first-order valence-corrected chi connectivity index (χ1v) is 6.76. The lowest BCUT2D eigenvalue weighted by atomic mass is 10.1. The second-order valence-corrected chi connectivity index (χ2v) is 6.65. The van der Waals surface area contributed by atoms with Crippen molar-refractivity contribution in [3.8, 4) is 0 Å². The van der Waals surface area contributed by atoms with Gasteiger partial charge >= 0.3 is 0 Å². The van der Waals surface area contributed by atoms with Gasteiger partial charge in [-0.3, -0.25) is 9.69 Å². The predicted octanol–water partition coefficient (Wildman–Crippen LogP) is 0.277. The minimum atomic E-state index is 0.0754. The summed E-state index contributed by atoms with van der Waals surface area (Å²) in [5.74, 6) is 1.20. The van der Waals surface area contributed by atoms with Gasteiger partial charge in [-0.2, -0.15) is 11.8 Å². The molecule has 1 atom stereocenters. The van der Waals surface area contributed by atoms with Crippen LogP contribution in [0.4, 0.5) is 0 Å². The fourth-order valence-electron chi connectivity index (χ4n) is 2.04. The summed E-state index contributed by atoms with van der Waals surface area (Å²) < 4.78 is 0.272. The zero-order chi connectivity index (χ0) is 12.2. The van der Waals surface area contributed by atoms with Gasteiger partial charge in [-0.1, -0.05) is 0 Å². The van der Waals surface area contributed by atoms with Crippen molar-refractivity contribution in [1.29, 1.82) is 0 Å². The third-order valence-electron chi connectivity index (χ3n) is 2.94. The fourth-order valence-corrected chi connectivity index (χ4v) is 3.18. The van der Waals surface area contributed by atoms with Gasteiger partial charge in [-0.15, -0.1) is 0 Å². The number of thioether (sulfide) groups is 1. The Kier molecular flexibility index (Phi) is 5.08. The van der Waals surface area contributed by atoms with Crippen LogP contribution in [-0.2, 0) is 4.79 Å². The quantitative estimate of drug-likeness (QED) is 0.747. The summed E-state index contributed by atoms with van der Waals surface area (Å²) in [6.45, 7) is 7.09. The number of rotatable bonds is 4. The molecule has 94 valence electrons. The highest BCUT2D eigenvalue weighted by Gasteiger charge is 2.31. The van der Waals surface area contributed by atoms with Crippen molar-refractivity contribution in [2.75, 3.05) is 32.4 Å². The third kappa shape index (κ3) is 3.96. The highest BCUT2D eigenvalue weighted by Crippen LogP contribution is 2.30. The van der Waals surface area contributed by atoms with Crippen molar-refractivity contribution in [1.82, 2.24) is 10.2 Å². The van der Waals surface area contributed by atoms with Crippen molar-refractivity contribution in [2.45, 2.75) is 31.1 Å². The Morgan fingerprint density at radius 1 is 1.62 bits per heavy atom. The normalized spacial score (nSPS) is 22.8. The Morgan fingerprint density at radius 2 is 2.31 bits per heavy atom. The van der Waals surface area contributed by atoms with E-state index in [0.717, 1.165) is 18.8 Å². The summed E-state index contributed by atoms with van der Waals surface area (Å²) in [6.07, 6.45) is 0.508. The predicted molar refractivity (Wildman–Crippen MR) is 69.6 cm³/mol. The molecule has 1 aliphatic heterocycles. The van der Waals surface area contributed by atoms with Crippen LogP contribution in [0.1, 0.15) is 20.3 Å². The van der Waals surface area contributed by atoms with Crippen molar-refractivity contribution in [2.24, 2.45) is 5.73 Å². The molecule has 1 heterocycles. The van der Waals surface area contributed by atoms with Crippen LogP contribution in [0.15, 0.2) is 0 Å². The van der Waals surface area contributed by atoms with Gasteiger partial charge in [0.15, 0.2) is 0 Å². The van der Waals surface area contributed by atoms with E-state index in [2.05, 4.69) is 24.1 Å². The summed E-state index contributed by atoms with van der Waals surface area (Å²) in [4.78, 5) is 13.7. The SMILES string of the molecule is CNC(=O)CC(CN)N1CCSC(C)(C)C1. The van der Waals surface area contributed by atoms with Gasteiger partial charge in [-0.25, -0.2) is 0 Å². The standard InChI is InChI=1S/C11H23N3OS/c1-11(2)8-14(4-5-16-11)9(7-12)6-10(15)13-3/h9H,4-8,12H2,1-3H3,(H,13,15). The average molecular weight is 245 g/mol. The molecule has 3 N–H and O–H groups in total. The van der Waals surface area contributed by atoms with E-state index in [-0.39, 0.29) is 16.7 Å². The summed E-state index contributed by atoms with van der Waals surface area (Å²) in [6, 6.07) is 0.181. The summed E-state index contributed by atoms with van der Waals surface area (Å²) >= 11 is 1.99. The van der Waals surface area contributed by atoms with E-state index in [9.17, 15) is 4.79 Å². The van der Waals surface area contributed by atoms with Crippen LogP contribution in [0.25, 0.3) is 0 Å². The monoisotopic (exact) mass is 245 g/mol. The second kappa shape index (κ2) is 5.89. The molecular formula is C11H23N3OS. The van der Waals surface area contributed by atoms with Crippen molar-refractivity contribution < 1.29 is 4.79 Å². The number of nitrogens with two attached hydrogens (primary N) is 1. The van der Waals surface area contributed by atoms with E-state index in [1.807, 2.05) is 11.8 Å². The van der Waals surface area contributed by atoms with Gasteiger partial charge in [0.2, 0.25) is 5.91 Å². The minimum Gasteiger partial charge on any atom is -0.359 e. The lowest BCUT2D eigenvalue weighted by Crippen LogP contribution is -2.51. The topological polar surface area (TPSA) is 58.4 Å². The number of carbonyl (C=O) groups is 1. The number of hydrogen-bond donors (Lipinski definition) is 2. The molecule has 1 fully saturated rings. The smallest absolute Gasteiger partial charge is 0.221 e. The van der Waals surface area contributed by atoms with Gasteiger partial charge in [0.1, 0.15) is 0 Å². The van der Waals surface area contributed by atoms with E-state index in [1.54, 1.807) is 7.05 Å². The van der Waals surface area contributed by atoms with Crippen LogP contribution in [0.2, 0.25) is 0 Å². The summed E-state index contributed by atoms with van der Waals surface area (Å²) in [5.41, 5.74) is 5.77. The van der Waals surface area contributed by atoms with Gasteiger partial charge in [0.05, 0.1) is 0 Å². The Hall–Kier alpha value is -0.260. The lowest BCUT2D eigenvalue weighted by Gasteiger charge is -2.41. The Bertz CT molecular complexity index is 245. The maximum atomic E-state index is 11.4. The molecule has 0 aliphatic carbocycles. The highest BCUT2D eigenvalue weighted by atomic mass is 32.2. The summed E-state index contributed by atoms with van der Waals surface area (Å²) in [7, 11) is 1.67. The van der Waals surface area contributed by atoms with Crippen LogP contribution in [-0.4, -0.2) is 54.0 Å². The number of carbonyl (C=O) groups excluding carboxylic acids is 1. The molecule has 1 rings (SSSR count). The van der Waals surface area contributed by atoms with E-state index in [4.69, 9.17) is 5.73 Å². The lowest BCUT2D eigenvalue weighted by molar-refractivity contribution is -0.121. The number of hydrogen-bond acceptors (Lipinski definition) is 4. The van der Waals surface area contributed by atoms with E-state index < -0.39 is 0 Å². The molecule has 0 bridgehead atoms.